The molecule has 0 aromatic heterocycles. The molecular formula is C11H15N3. The highest BCUT2D eigenvalue weighted by Crippen LogP contribution is 2.25. The maximum Gasteiger partial charge on any atom is 0.0602 e. The summed E-state index contributed by atoms with van der Waals surface area (Å²) < 4.78 is 0. The second-order valence-corrected chi connectivity index (χ2v) is 3.69. The third-order valence-electron chi connectivity index (χ3n) is 2.38. The summed E-state index contributed by atoms with van der Waals surface area (Å²) in [7, 11) is 0. The van der Waals surface area contributed by atoms with E-state index in [-0.39, 0.29) is 6.04 Å². The van der Waals surface area contributed by atoms with Crippen molar-refractivity contribution in [3.05, 3.63) is 44.8 Å². The Labute approximate surface area is 84.4 Å². The van der Waals surface area contributed by atoms with E-state index in [0.29, 0.717) is 0 Å². The van der Waals surface area contributed by atoms with Gasteiger partial charge in [-0.1, -0.05) is 29.7 Å². The van der Waals surface area contributed by atoms with Gasteiger partial charge in [-0.3, -0.25) is 0 Å². The average Bonchev–Trinajstić information content (AvgIpc) is 2.01. The largest absolute Gasteiger partial charge is 0.0862 e. The number of nitrogens with zero attached hydrogens (tertiary/aromatic N) is 3. The number of aryl methyl sites for hydroxylation is 3. The average molecular weight is 189 g/mol. The zero-order valence-corrected chi connectivity index (χ0v) is 9.07. The number of benzene rings is 1. The van der Waals surface area contributed by atoms with E-state index >= 15 is 0 Å². The molecule has 0 aliphatic carbocycles. The van der Waals surface area contributed by atoms with Gasteiger partial charge in [-0.25, -0.2) is 0 Å². The van der Waals surface area contributed by atoms with Crippen molar-refractivity contribution in [2.24, 2.45) is 5.11 Å². The van der Waals surface area contributed by atoms with Gasteiger partial charge in [0.15, 0.2) is 0 Å². The minimum absolute atomic E-state index is 0.0828. The summed E-state index contributed by atoms with van der Waals surface area (Å²) in [5.41, 5.74) is 13.2. The first kappa shape index (κ1) is 10.6. The number of hydrogen-bond donors (Lipinski definition) is 0. The van der Waals surface area contributed by atoms with Crippen molar-refractivity contribution in [3.8, 4) is 0 Å². The van der Waals surface area contributed by atoms with Crippen LogP contribution in [-0.2, 0) is 0 Å². The molecule has 0 bridgehead atoms. The Kier molecular flexibility index (Phi) is 3.15. The molecule has 3 nitrogen and oxygen atoms in total. The summed E-state index contributed by atoms with van der Waals surface area (Å²) in [6.07, 6.45) is 0. The van der Waals surface area contributed by atoms with Crippen LogP contribution in [0.4, 0.5) is 0 Å². The highest BCUT2D eigenvalue weighted by atomic mass is 15.1. The van der Waals surface area contributed by atoms with E-state index in [9.17, 15) is 0 Å². The highest BCUT2D eigenvalue weighted by Gasteiger charge is 2.09. The molecule has 0 saturated heterocycles. The lowest BCUT2D eigenvalue weighted by atomic mass is 9.95. The summed E-state index contributed by atoms with van der Waals surface area (Å²) in [6, 6.07) is 4.15. The van der Waals surface area contributed by atoms with E-state index in [1.54, 1.807) is 0 Å². The van der Waals surface area contributed by atoms with Crippen LogP contribution in [0.25, 0.3) is 10.4 Å². The minimum Gasteiger partial charge on any atom is -0.0862 e. The molecule has 0 aliphatic rings. The van der Waals surface area contributed by atoms with Gasteiger partial charge in [0, 0.05) is 4.91 Å². The second-order valence-electron chi connectivity index (χ2n) is 3.69. The Morgan fingerprint density at radius 3 is 2.14 bits per heavy atom. The first-order valence-corrected chi connectivity index (χ1v) is 4.68. The molecule has 0 N–H and O–H groups in total. The maximum atomic E-state index is 8.39. The lowest BCUT2D eigenvalue weighted by Crippen LogP contribution is -1.97. The molecule has 0 saturated carbocycles. The van der Waals surface area contributed by atoms with Crippen LogP contribution in [0.5, 0.6) is 0 Å². The lowest BCUT2D eigenvalue weighted by Gasteiger charge is -2.13. The van der Waals surface area contributed by atoms with E-state index in [1.807, 2.05) is 6.92 Å². The third-order valence-corrected chi connectivity index (χ3v) is 2.38. The molecule has 14 heavy (non-hydrogen) atoms. The van der Waals surface area contributed by atoms with Crippen LogP contribution >= 0.6 is 0 Å². The quantitative estimate of drug-likeness (QED) is 0.384. The van der Waals surface area contributed by atoms with Crippen LogP contribution in [0.15, 0.2) is 17.2 Å². The molecule has 1 rings (SSSR count). The molecule has 0 spiro atoms. The molecule has 0 fully saturated rings. The monoisotopic (exact) mass is 189 g/mol. The van der Waals surface area contributed by atoms with Gasteiger partial charge in [-0.05, 0) is 43.0 Å². The summed E-state index contributed by atoms with van der Waals surface area (Å²) in [5.74, 6) is 0. The van der Waals surface area contributed by atoms with Gasteiger partial charge in [0.05, 0.1) is 6.04 Å². The fourth-order valence-electron chi connectivity index (χ4n) is 1.99. The van der Waals surface area contributed by atoms with Crippen LogP contribution < -0.4 is 0 Å². The predicted molar refractivity (Wildman–Crippen MR) is 58.2 cm³/mol. The number of azide groups is 1. The van der Waals surface area contributed by atoms with E-state index in [2.05, 4.69) is 42.9 Å². The van der Waals surface area contributed by atoms with Gasteiger partial charge in [0.1, 0.15) is 0 Å². The Hall–Kier alpha value is -1.47. The van der Waals surface area contributed by atoms with E-state index in [4.69, 9.17) is 5.53 Å². The fourth-order valence-corrected chi connectivity index (χ4v) is 1.99. The van der Waals surface area contributed by atoms with Crippen molar-refractivity contribution < 1.29 is 0 Å². The van der Waals surface area contributed by atoms with E-state index < -0.39 is 0 Å². The normalized spacial score (nSPS) is 12.0. The predicted octanol–water partition coefficient (Wildman–Crippen LogP) is 3.98. The Balaban J connectivity index is 3.26. The molecule has 3 heteroatoms. The summed E-state index contributed by atoms with van der Waals surface area (Å²) in [6.45, 7) is 8.10. The Morgan fingerprint density at radius 2 is 1.71 bits per heavy atom. The van der Waals surface area contributed by atoms with Crippen molar-refractivity contribution in [2.45, 2.75) is 33.7 Å². The second kappa shape index (κ2) is 4.16. The molecule has 0 unspecified atom stereocenters. The molecular weight excluding hydrogens is 174 g/mol. The molecule has 0 radical (unpaired) electrons. The first-order chi connectivity index (χ1) is 6.56. The lowest BCUT2D eigenvalue weighted by molar-refractivity contribution is 0.791. The molecule has 0 heterocycles. The number of hydrogen-bond acceptors (Lipinski definition) is 1. The van der Waals surface area contributed by atoms with Gasteiger partial charge < -0.3 is 0 Å². The van der Waals surface area contributed by atoms with Crippen molar-refractivity contribution in [2.75, 3.05) is 0 Å². The van der Waals surface area contributed by atoms with Gasteiger partial charge in [-0.2, -0.15) is 0 Å². The van der Waals surface area contributed by atoms with Crippen molar-refractivity contribution in [1.82, 2.24) is 0 Å². The zero-order chi connectivity index (χ0) is 10.7. The van der Waals surface area contributed by atoms with Gasteiger partial charge in [-0.15, -0.1) is 0 Å². The highest BCUT2D eigenvalue weighted by molar-refractivity contribution is 5.39. The van der Waals surface area contributed by atoms with Gasteiger partial charge in [0.25, 0.3) is 0 Å². The van der Waals surface area contributed by atoms with Crippen molar-refractivity contribution in [3.63, 3.8) is 0 Å². The van der Waals surface area contributed by atoms with Crippen LogP contribution in [0.2, 0.25) is 0 Å². The van der Waals surface area contributed by atoms with Gasteiger partial charge >= 0.3 is 0 Å². The van der Waals surface area contributed by atoms with Crippen LogP contribution in [-0.4, -0.2) is 0 Å². The van der Waals surface area contributed by atoms with Crippen molar-refractivity contribution >= 4 is 0 Å². The fraction of sp³-hybridized carbons (Fsp3) is 0.455. The SMILES string of the molecule is Cc1cc(C)c([C@H](C)N=[N+]=[N-])c(C)c1. The topological polar surface area (TPSA) is 48.8 Å². The standard InChI is InChI=1S/C11H15N3/c1-7-5-8(2)11(9(3)6-7)10(4)13-14-12/h5-6,10H,1-4H3/t10-/m0/s1. The van der Waals surface area contributed by atoms with Crippen LogP contribution in [0.3, 0.4) is 0 Å². The first-order valence-electron chi connectivity index (χ1n) is 4.68. The Morgan fingerprint density at radius 1 is 1.21 bits per heavy atom. The molecule has 74 valence electrons. The Bertz CT molecular complexity index is 367. The summed E-state index contributed by atoms with van der Waals surface area (Å²) in [4.78, 5) is 2.84. The smallest absolute Gasteiger partial charge is 0.0602 e. The molecule has 0 aliphatic heterocycles. The summed E-state index contributed by atoms with van der Waals surface area (Å²) >= 11 is 0. The third kappa shape index (κ3) is 2.06. The minimum atomic E-state index is -0.0828. The van der Waals surface area contributed by atoms with Crippen molar-refractivity contribution in [1.29, 1.82) is 0 Å². The van der Waals surface area contributed by atoms with Crippen LogP contribution in [0, 0.1) is 20.8 Å². The van der Waals surface area contributed by atoms with E-state index in [0.717, 1.165) is 5.56 Å². The molecule has 0 amide bonds. The summed E-state index contributed by atoms with van der Waals surface area (Å²) in [5, 5.41) is 3.73. The van der Waals surface area contributed by atoms with E-state index in [1.165, 1.54) is 16.7 Å². The maximum absolute atomic E-state index is 8.39. The molecule has 1 aromatic rings. The van der Waals surface area contributed by atoms with Crippen LogP contribution in [0.1, 0.15) is 35.2 Å². The number of rotatable bonds is 2. The zero-order valence-electron chi connectivity index (χ0n) is 9.07. The van der Waals surface area contributed by atoms with Gasteiger partial charge in [0.2, 0.25) is 0 Å². The molecule has 1 aromatic carbocycles. The molecule has 1 atom stereocenters.